The van der Waals surface area contributed by atoms with Crippen LogP contribution in [0.5, 0.6) is 0 Å². The average molecular weight is 213 g/mol. The standard InChI is InChI=1S/C13H27NO/c1-6-7-11(4)12(5)14-13(8-9-15)10(2)3/h6,10-15H,1,7-9H2,2-5H3. The molecule has 90 valence electrons. The van der Waals surface area contributed by atoms with Crippen molar-refractivity contribution in [2.75, 3.05) is 6.61 Å². The van der Waals surface area contributed by atoms with E-state index in [2.05, 4.69) is 39.6 Å². The van der Waals surface area contributed by atoms with Gasteiger partial charge >= 0.3 is 0 Å². The van der Waals surface area contributed by atoms with Crippen molar-refractivity contribution in [1.82, 2.24) is 5.32 Å². The van der Waals surface area contributed by atoms with E-state index in [0.29, 0.717) is 23.9 Å². The maximum absolute atomic E-state index is 8.98. The van der Waals surface area contributed by atoms with E-state index in [9.17, 15) is 0 Å². The largest absolute Gasteiger partial charge is 0.396 e. The van der Waals surface area contributed by atoms with Crippen molar-refractivity contribution >= 4 is 0 Å². The zero-order valence-electron chi connectivity index (χ0n) is 10.7. The molecule has 0 aliphatic rings. The number of rotatable bonds is 8. The molecule has 0 radical (unpaired) electrons. The van der Waals surface area contributed by atoms with Crippen LogP contribution in [0.1, 0.15) is 40.5 Å². The molecular weight excluding hydrogens is 186 g/mol. The summed E-state index contributed by atoms with van der Waals surface area (Å²) in [5.41, 5.74) is 0. The average Bonchev–Trinajstić information content (AvgIpc) is 2.17. The number of aliphatic hydroxyl groups excluding tert-OH is 1. The van der Waals surface area contributed by atoms with Gasteiger partial charge < -0.3 is 10.4 Å². The molecular formula is C13H27NO. The van der Waals surface area contributed by atoms with E-state index in [-0.39, 0.29) is 6.61 Å². The fourth-order valence-electron chi connectivity index (χ4n) is 1.72. The van der Waals surface area contributed by atoms with Gasteiger partial charge in [0.2, 0.25) is 0 Å². The third kappa shape index (κ3) is 5.95. The third-order valence-corrected chi connectivity index (χ3v) is 3.11. The zero-order valence-corrected chi connectivity index (χ0v) is 10.7. The molecule has 0 fully saturated rings. The minimum atomic E-state index is 0.262. The molecule has 0 saturated heterocycles. The van der Waals surface area contributed by atoms with Gasteiger partial charge in [-0.15, -0.1) is 6.58 Å². The first-order chi connectivity index (χ1) is 7.02. The molecule has 0 spiro atoms. The Hall–Kier alpha value is -0.340. The Labute approximate surface area is 94.8 Å². The molecule has 0 heterocycles. The second-order valence-corrected chi connectivity index (χ2v) is 4.82. The Bertz CT molecular complexity index is 168. The van der Waals surface area contributed by atoms with Crippen LogP contribution in [0.2, 0.25) is 0 Å². The highest BCUT2D eigenvalue weighted by Gasteiger charge is 2.18. The van der Waals surface area contributed by atoms with E-state index in [0.717, 1.165) is 12.8 Å². The van der Waals surface area contributed by atoms with Crippen molar-refractivity contribution in [2.45, 2.75) is 52.6 Å². The van der Waals surface area contributed by atoms with E-state index in [1.54, 1.807) is 0 Å². The molecule has 0 bridgehead atoms. The quantitative estimate of drug-likeness (QED) is 0.607. The molecule has 0 aromatic rings. The second-order valence-electron chi connectivity index (χ2n) is 4.82. The first-order valence-electron chi connectivity index (χ1n) is 6.00. The first kappa shape index (κ1) is 14.7. The highest BCUT2D eigenvalue weighted by Crippen LogP contribution is 2.13. The Morgan fingerprint density at radius 3 is 2.27 bits per heavy atom. The lowest BCUT2D eigenvalue weighted by Gasteiger charge is -2.29. The van der Waals surface area contributed by atoms with Gasteiger partial charge in [-0.05, 0) is 31.6 Å². The molecule has 0 aromatic carbocycles. The molecule has 0 amide bonds. The molecule has 0 saturated carbocycles. The molecule has 0 aliphatic carbocycles. The predicted octanol–water partition coefficient (Wildman–Crippen LogP) is 2.58. The smallest absolute Gasteiger partial charge is 0.0445 e. The van der Waals surface area contributed by atoms with E-state index < -0.39 is 0 Å². The van der Waals surface area contributed by atoms with Gasteiger partial charge in [0.25, 0.3) is 0 Å². The summed E-state index contributed by atoms with van der Waals surface area (Å²) in [4.78, 5) is 0. The van der Waals surface area contributed by atoms with Crippen molar-refractivity contribution in [3.05, 3.63) is 12.7 Å². The van der Waals surface area contributed by atoms with Crippen LogP contribution in [0, 0.1) is 11.8 Å². The van der Waals surface area contributed by atoms with Crippen molar-refractivity contribution in [3.63, 3.8) is 0 Å². The number of nitrogens with one attached hydrogen (secondary N) is 1. The first-order valence-corrected chi connectivity index (χ1v) is 6.00. The van der Waals surface area contributed by atoms with E-state index in [4.69, 9.17) is 5.11 Å². The molecule has 0 rings (SSSR count). The predicted molar refractivity (Wildman–Crippen MR) is 66.9 cm³/mol. The summed E-state index contributed by atoms with van der Waals surface area (Å²) in [5, 5.41) is 12.6. The summed E-state index contributed by atoms with van der Waals surface area (Å²) in [5.74, 6) is 1.16. The summed E-state index contributed by atoms with van der Waals surface area (Å²) in [6.45, 7) is 12.9. The van der Waals surface area contributed by atoms with E-state index in [1.165, 1.54) is 0 Å². The van der Waals surface area contributed by atoms with Gasteiger partial charge in [0.1, 0.15) is 0 Å². The Morgan fingerprint density at radius 2 is 1.87 bits per heavy atom. The second kappa shape index (κ2) is 7.89. The lowest BCUT2D eigenvalue weighted by atomic mass is 9.95. The monoisotopic (exact) mass is 213 g/mol. The summed E-state index contributed by atoms with van der Waals surface area (Å²) in [6, 6.07) is 0.888. The number of hydrogen-bond donors (Lipinski definition) is 2. The van der Waals surface area contributed by atoms with Crippen molar-refractivity contribution < 1.29 is 5.11 Å². The third-order valence-electron chi connectivity index (χ3n) is 3.11. The van der Waals surface area contributed by atoms with Gasteiger partial charge in [0.05, 0.1) is 0 Å². The fraction of sp³-hybridized carbons (Fsp3) is 0.846. The zero-order chi connectivity index (χ0) is 11.8. The van der Waals surface area contributed by atoms with Crippen LogP contribution in [0.25, 0.3) is 0 Å². The molecule has 2 heteroatoms. The molecule has 15 heavy (non-hydrogen) atoms. The van der Waals surface area contributed by atoms with Crippen molar-refractivity contribution in [1.29, 1.82) is 0 Å². The normalized spacial score (nSPS) is 17.5. The highest BCUT2D eigenvalue weighted by atomic mass is 16.3. The summed E-state index contributed by atoms with van der Waals surface area (Å²) in [6.07, 6.45) is 3.85. The lowest BCUT2D eigenvalue weighted by Crippen LogP contribution is -2.43. The van der Waals surface area contributed by atoms with Crippen molar-refractivity contribution in [3.8, 4) is 0 Å². The van der Waals surface area contributed by atoms with Gasteiger partial charge in [-0.2, -0.15) is 0 Å². The fourth-order valence-corrected chi connectivity index (χ4v) is 1.72. The van der Waals surface area contributed by atoms with Gasteiger partial charge in [-0.25, -0.2) is 0 Å². The van der Waals surface area contributed by atoms with Gasteiger partial charge in [-0.3, -0.25) is 0 Å². The highest BCUT2D eigenvalue weighted by molar-refractivity contribution is 4.81. The topological polar surface area (TPSA) is 32.3 Å². The Morgan fingerprint density at radius 1 is 1.27 bits per heavy atom. The maximum atomic E-state index is 8.98. The maximum Gasteiger partial charge on any atom is 0.0445 e. The van der Waals surface area contributed by atoms with E-state index in [1.807, 2.05) is 6.08 Å². The summed E-state index contributed by atoms with van der Waals surface area (Å²) < 4.78 is 0. The summed E-state index contributed by atoms with van der Waals surface area (Å²) in [7, 11) is 0. The van der Waals surface area contributed by atoms with Crippen LogP contribution < -0.4 is 5.32 Å². The van der Waals surface area contributed by atoms with Crippen LogP contribution in [-0.4, -0.2) is 23.8 Å². The van der Waals surface area contributed by atoms with E-state index >= 15 is 0 Å². The number of hydrogen-bond acceptors (Lipinski definition) is 2. The molecule has 0 aromatic heterocycles. The molecule has 0 aliphatic heterocycles. The van der Waals surface area contributed by atoms with Crippen LogP contribution in [0.4, 0.5) is 0 Å². The SMILES string of the molecule is C=CCC(C)C(C)NC(CCO)C(C)C. The lowest BCUT2D eigenvalue weighted by molar-refractivity contribution is 0.225. The minimum absolute atomic E-state index is 0.262. The van der Waals surface area contributed by atoms with Crippen LogP contribution >= 0.6 is 0 Å². The van der Waals surface area contributed by atoms with Crippen LogP contribution in [-0.2, 0) is 0 Å². The number of allylic oxidation sites excluding steroid dienone is 1. The molecule has 3 unspecified atom stereocenters. The van der Waals surface area contributed by atoms with Gasteiger partial charge in [-0.1, -0.05) is 26.8 Å². The summed E-state index contributed by atoms with van der Waals surface area (Å²) >= 11 is 0. The van der Waals surface area contributed by atoms with Gasteiger partial charge in [0.15, 0.2) is 0 Å². The van der Waals surface area contributed by atoms with Gasteiger partial charge in [0, 0.05) is 18.7 Å². The van der Waals surface area contributed by atoms with Crippen LogP contribution in [0.3, 0.4) is 0 Å². The molecule has 2 nitrogen and oxygen atoms in total. The Kier molecular flexibility index (Phi) is 7.71. The Balaban J connectivity index is 4.08. The number of aliphatic hydroxyl groups is 1. The van der Waals surface area contributed by atoms with Crippen LogP contribution in [0.15, 0.2) is 12.7 Å². The minimum Gasteiger partial charge on any atom is -0.396 e. The molecule has 3 atom stereocenters. The molecule has 2 N–H and O–H groups in total. The van der Waals surface area contributed by atoms with Crippen molar-refractivity contribution in [2.24, 2.45) is 11.8 Å².